The van der Waals surface area contributed by atoms with Crippen LogP contribution in [0.5, 0.6) is 5.75 Å². The summed E-state index contributed by atoms with van der Waals surface area (Å²) >= 11 is 0. The average Bonchev–Trinajstić information content (AvgIpc) is 2.17. The number of benzene rings is 1. The van der Waals surface area contributed by atoms with Gasteiger partial charge in [-0.1, -0.05) is 12.1 Å². The van der Waals surface area contributed by atoms with Crippen molar-refractivity contribution in [2.75, 3.05) is 7.11 Å². The third kappa shape index (κ3) is 1.83. The maximum atomic E-state index is 10.1. The van der Waals surface area contributed by atoms with E-state index in [1.165, 1.54) is 6.29 Å². The Balaban J connectivity index is 2.84. The van der Waals surface area contributed by atoms with Crippen LogP contribution < -0.4 is 4.74 Å². The molecule has 1 radical (unpaired) electrons. The summed E-state index contributed by atoms with van der Waals surface area (Å²) in [4.78, 5) is 10.1. The van der Waals surface area contributed by atoms with Crippen LogP contribution in [0.4, 0.5) is 0 Å². The molecule has 0 bridgehead atoms. The molecular formula is C9H9O3. The molecule has 1 N–H and O–H groups in total. The number of carbonyl (C=O) groups excluding carboxylic acids is 1. The first kappa shape index (κ1) is 8.74. The van der Waals surface area contributed by atoms with E-state index in [4.69, 9.17) is 9.84 Å². The summed E-state index contributed by atoms with van der Waals surface area (Å²) in [5.41, 5.74) is 0.519. The van der Waals surface area contributed by atoms with Crippen LogP contribution in [0.2, 0.25) is 0 Å². The average molecular weight is 165 g/mol. The number of rotatable bonds is 3. The van der Waals surface area contributed by atoms with E-state index in [2.05, 4.69) is 0 Å². The molecule has 0 saturated heterocycles. The van der Waals surface area contributed by atoms with Crippen molar-refractivity contribution in [2.24, 2.45) is 0 Å². The standard InChI is InChI=1S/C9H9O3/c1-12-8-4-2-7(3-5-8)9(11)6-10/h2-5,9,11H,1H3. The molecule has 3 heteroatoms. The molecule has 1 aromatic rings. The summed E-state index contributed by atoms with van der Waals surface area (Å²) < 4.78 is 4.90. The summed E-state index contributed by atoms with van der Waals surface area (Å²) in [6.07, 6.45) is 0.327. The van der Waals surface area contributed by atoms with Crippen molar-refractivity contribution in [2.45, 2.75) is 6.10 Å². The number of aliphatic hydroxyl groups is 1. The Morgan fingerprint density at radius 1 is 1.42 bits per heavy atom. The van der Waals surface area contributed by atoms with E-state index in [0.29, 0.717) is 11.3 Å². The predicted octanol–water partition coefficient (Wildman–Crippen LogP) is 0.838. The third-order valence-electron chi connectivity index (χ3n) is 1.54. The van der Waals surface area contributed by atoms with Gasteiger partial charge in [0.25, 0.3) is 0 Å². The van der Waals surface area contributed by atoms with Gasteiger partial charge in [0, 0.05) is 0 Å². The molecule has 3 nitrogen and oxygen atoms in total. The second kappa shape index (κ2) is 3.88. The second-order valence-electron chi connectivity index (χ2n) is 2.29. The fourth-order valence-corrected chi connectivity index (χ4v) is 0.854. The fraction of sp³-hybridized carbons (Fsp3) is 0.222. The number of methoxy groups -OCH3 is 1. The van der Waals surface area contributed by atoms with E-state index in [1.54, 1.807) is 31.4 Å². The van der Waals surface area contributed by atoms with Crippen LogP contribution in [0.3, 0.4) is 0 Å². The lowest BCUT2D eigenvalue weighted by molar-refractivity contribution is 0.240. The lowest BCUT2D eigenvalue weighted by Gasteiger charge is -2.03. The highest BCUT2D eigenvalue weighted by Gasteiger charge is 2.05. The predicted molar refractivity (Wildman–Crippen MR) is 43.6 cm³/mol. The highest BCUT2D eigenvalue weighted by molar-refractivity contribution is 5.60. The fourth-order valence-electron chi connectivity index (χ4n) is 0.854. The number of hydrogen-bond acceptors (Lipinski definition) is 3. The van der Waals surface area contributed by atoms with Crippen molar-refractivity contribution in [3.05, 3.63) is 29.8 Å². The number of hydrogen-bond donors (Lipinski definition) is 1. The molecule has 0 amide bonds. The van der Waals surface area contributed by atoms with Gasteiger partial charge in [0.05, 0.1) is 7.11 Å². The van der Waals surface area contributed by atoms with Gasteiger partial charge in [-0.3, -0.25) is 4.79 Å². The zero-order valence-corrected chi connectivity index (χ0v) is 6.65. The first-order chi connectivity index (χ1) is 5.77. The molecule has 0 aliphatic carbocycles. The quantitative estimate of drug-likeness (QED) is 0.721. The highest BCUT2D eigenvalue weighted by atomic mass is 16.5. The topological polar surface area (TPSA) is 46.5 Å². The Kier molecular flexibility index (Phi) is 2.82. The van der Waals surface area contributed by atoms with Crippen molar-refractivity contribution in [3.63, 3.8) is 0 Å². The summed E-state index contributed by atoms with van der Waals surface area (Å²) in [6, 6.07) is 6.59. The Hall–Kier alpha value is -1.35. The Bertz CT molecular complexity index is 253. The minimum Gasteiger partial charge on any atom is -0.497 e. The van der Waals surface area contributed by atoms with Crippen LogP contribution in [0.1, 0.15) is 11.7 Å². The van der Waals surface area contributed by atoms with Crippen molar-refractivity contribution < 1.29 is 14.6 Å². The zero-order chi connectivity index (χ0) is 8.97. The van der Waals surface area contributed by atoms with E-state index in [9.17, 15) is 4.79 Å². The SMILES string of the molecule is COc1ccc(C(O)[C]=O)cc1. The van der Waals surface area contributed by atoms with E-state index in [-0.39, 0.29) is 0 Å². The zero-order valence-electron chi connectivity index (χ0n) is 6.65. The van der Waals surface area contributed by atoms with Crippen LogP contribution in [0, 0.1) is 0 Å². The van der Waals surface area contributed by atoms with Gasteiger partial charge >= 0.3 is 0 Å². The molecule has 0 aromatic heterocycles. The molecular weight excluding hydrogens is 156 g/mol. The van der Waals surface area contributed by atoms with Gasteiger partial charge in [0.2, 0.25) is 6.29 Å². The van der Waals surface area contributed by atoms with E-state index in [0.717, 1.165) is 0 Å². The molecule has 0 fully saturated rings. The molecule has 63 valence electrons. The molecule has 0 aliphatic rings. The highest BCUT2D eigenvalue weighted by Crippen LogP contribution is 2.15. The summed E-state index contributed by atoms with van der Waals surface area (Å²) in [5, 5.41) is 9.03. The summed E-state index contributed by atoms with van der Waals surface area (Å²) in [6.45, 7) is 0. The van der Waals surface area contributed by atoms with Crippen molar-refractivity contribution >= 4 is 6.29 Å². The normalized spacial score (nSPS) is 12.2. The molecule has 12 heavy (non-hydrogen) atoms. The van der Waals surface area contributed by atoms with Crippen LogP contribution >= 0.6 is 0 Å². The van der Waals surface area contributed by atoms with Gasteiger partial charge in [-0.15, -0.1) is 0 Å². The second-order valence-corrected chi connectivity index (χ2v) is 2.29. The van der Waals surface area contributed by atoms with Gasteiger partial charge < -0.3 is 9.84 Å². The van der Waals surface area contributed by atoms with Crippen molar-refractivity contribution in [1.82, 2.24) is 0 Å². The molecule has 0 saturated carbocycles. The van der Waals surface area contributed by atoms with Gasteiger partial charge in [0.15, 0.2) is 0 Å². The largest absolute Gasteiger partial charge is 0.497 e. The summed E-state index contributed by atoms with van der Waals surface area (Å²) in [7, 11) is 1.55. The van der Waals surface area contributed by atoms with E-state index < -0.39 is 6.10 Å². The van der Waals surface area contributed by atoms with Crippen LogP contribution in [0.15, 0.2) is 24.3 Å². The number of aliphatic hydroxyl groups excluding tert-OH is 1. The smallest absolute Gasteiger partial charge is 0.234 e. The maximum Gasteiger partial charge on any atom is 0.234 e. The Morgan fingerprint density at radius 3 is 2.42 bits per heavy atom. The van der Waals surface area contributed by atoms with Crippen LogP contribution in [-0.4, -0.2) is 18.5 Å². The van der Waals surface area contributed by atoms with Gasteiger partial charge in [0.1, 0.15) is 11.9 Å². The molecule has 0 spiro atoms. The van der Waals surface area contributed by atoms with Crippen LogP contribution in [0.25, 0.3) is 0 Å². The first-order valence-electron chi connectivity index (χ1n) is 3.47. The Labute approximate surface area is 70.6 Å². The maximum absolute atomic E-state index is 10.1. The van der Waals surface area contributed by atoms with Gasteiger partial charge in [-0.2, -0.15) is 0 Å². The monoisotopic (exact) mass is 165 g/mol. The van der Waals surface area contributed by atoms with Crippen molar-refractivity contribution in [3.8, 4) is 5.75 Å². The third-order valence-corrected chi connectivity index (χ3v) is 1.54. The number of ether oxygens (including phenoxy) is 1. The summed E-state index contributed by atoms with van der Waals surface area (Å²) in [5.74, 6) is 0.692. The van der Waals surface area contributed by atoms with E-state index in [1.807, 2.05) is 0 Å². The lowest BCUT2D eigenvalue weighted by Crippen LogP contribution is -1.97. The molecule has 1 rings (SSSR count). The minimum atomic E-state index is -1.16. The van der Waals surface area contributed by atoms with E-state index >= 15 is 0 Å². The molecule has 0 aliphatic heterocycles. The minimum absolute atomic E-state index is 0.519. The van der Waals surface area contributed by atoms with Gasteiger partial charge in [-0.25, -0.2) is 0 Å². The first-order valence-corrected chi connectivity index (χ1v) is 3.47. The van der Waals surface area contributed by atoms with Gasteiger partial charge in [-0.05, 0) is 17.7 Å². The Morgan fingerprint density at radius 2 is 2.00 bits per heavy atom. The van der Waals surface area contributed by atoms with Crippen molar-refractivity contribution in [1.29, 1.82) is 0 Å². The molecule has 1 atom stereocenters. The lowest BCUT2D eigenvalue weighted by atomic mass is 10.1. The molecule has 1 aromatic carbocycles. The molecule has 1 unspecified atom stereocenters. The molecule has 0 heterocycles. The van der Waals surface area contributed by atoms with Crippen LogP contribution in [-0.2, 0) is 4.79 Å².